The molecule has 2 N–H and O–H groups in total. The summed E-state index contributed by atoms with van der Waals surface area (Å²) in [6, 6.07) is 10.6. The fraction of sp³-hybridized carbons (Fsp3) is 0.500. The maximum absolute atomic E-state index is 6.78. The molecule has 3 rings (SSSR count). The minimum absolute atomic E-state index is 0.156. The van der Waals surface area contributed by atoms with E-state index in [9.17, 15) is 0 Å². The average Bonchev–Trinajstić information content (AvgIpc) is 2.47. The van der Waals surface area contributed by atoms with E-state index in [2.05, 4.69) is 43.1 Å². The molecule has 1 aliphatic carbocycles. The lowest BCUT2D eigenvalue weighted by molar-refractivity contribution is 0.184. The Labute approximate surface area is 121 Å². The molecule has 1 aliphatic rings. The monoisotopic (exact) mass is 268 g/mol. The van der Waals surface area contributed by atoms with Crippen LogP contribution in [-0.2, 0) is 5.54 Å². The normalized spacial score (nSPS) is 27.1. The molecule has 2 unspecified atom stereocenters. The highest BCUT2D eigenvalue weighted by Gasteiger charge is 2.35. The summed E-state index contributed by atoms with van der Waals surface area (Å²) < 4.78 is 0. The fourth-order valence-corrected chi connectivity index (χ4v) is 3.57. The maximum Gasteiger partial charge on any atom is 0.0702 e. The fourth-order valence-electron chi connectivity index (χ4n) is 3.57. The van der Waals surface area contributed by atoms with Crippen molar-refractivity contribution in [3.05, 3.63) is 42.1 Å². The summed E-state index contributed by atoms with van der Waals surface area (Å²) >= 11 is 0. The SMILES string of the molecule is CC(C)C1CCCC(N)(c2ccc3ncccc3c2)C1. The van der Waals surface area contributed by atoms with Crippen LogP contribution in [0.1, 0.15) is 45.1 Å². The Balaban J connectivity index is 1.96. The predicted molar refractivity (Wildman–Crippen MR) is 84.4 cm³/mol. The Morgan fingerprint density at radius 3 is 2.95 bits per heavy atom. The maximum atomic E-state index is 6.78. The van der Waals surface area contributed by atoms with E-state index in [1.807, 2.05) is 12.3 Å². The number of nitrogens with two attached hydrogens (primary N) is 1. The Bertz CT molecular complexity index is 605. The van der Waals surface area contributed by atoms with Gasteiger partial charge in [0.15, 0.2) is 0 Å². The van der Waals surface area contributed by atoms with Crippen LogP contribution >= 0.6 is 0 Å². The van der Waals surface area contributed by atoms with Gasteiger partial charge in [-0.15, -0.1) is 0 Å². The molecule has 0 spiro atoms. The second-order valence-electron chi connectivity index (χ2n) is 6.67. The summed E-state index contributed by atoms with van der Waals surface area (Å²) in [6.45, 7) is 4.64. The first-order valence-corrected chi connectivity index (χ1v) is 7.73. The van der Waals surface area contributed by atoms with Gasteiger partial charge in [-0.2, -0.15) is 0 Å². The molecule has 1 heterocycles. The van der Waals surface area contributed by atoms with Crippen LogP contribution in [0.4, 0.5) is 0 Å². The van der Waals surface area contributed by atoms with Crippen molar-refractivity contribution in [1.82, 2.24) is 4.98 Å². The first kappa shape index (κ1) is 13.6. The van der Waals surface area contributed by atoms with E-state index in [1.165, 1.54) is 23.8 Å². The molecule has 1 aromatic carbocycles. The molecule has 0 aliphatic heterocycles. The van der Waals surface area contributed by atoms with Gasteiger partial charge >= 0.3 is 0 Å². The zero-order valence-electron chi connectivity index (χ0n) is 12.5. The summed E-state index contributed by atoms with van der Waals surface area (Å²) in [5.41, 5.74) is 8.96. The third kappa shape index (κ3) is 2.45. The first-order chi connectivity index (χ1) is 9.58. The molecule has 2 heteroatoms. The quantitative estimate of drug-likeness (QED) is 0.885. The number of pyridine rings is 1. The highest BCUT2D eigenvalue weighted by molar-refractivity contribution is 5.79. The molecule has 0 amide bonds. The summed E-state index contributed by atoms with van der Waals surface area (Å²) in [7, 11) is 0. The van der Waals surface area contributed by atoms with Gasteiger partial charge in [0.2, 0.25) is 0 Å². The topological polar surface area (TPSA) is 38.9 Å². The summed E-state index contributed by atoms with van der Waals surface area (Å²) in [5, 5.41) is 1.20. The second kappa shape index (κ2) is 5.17. The molecule has 2 aromatic rings. The molecule has 1 aromatic heterocycles. The van der Waals surface area contributed by atoms with Crippen LogP contribution in [0.15, 0.2) is 36.5 Å². The van der Waals surface area contributed by atoms with Gasteiger partial charge in [0.05, 0.1) is 5.52 Å². The largest absolute Gasteiger partial charge is 0.321 e. The molecule has 2 nitrogen and oxygen atoms in total. The number of aromatic nitrogens is 1. The van der Waals surface area contributed by atoms with Crippen LogP contribution < -0.4 is 5.73 Å². The summed E-state index contributed by atoms with van der Waals surface area (Å²) in [5.74, 6) is 1.47. The Kier molecular flexibility index (Phi) is 3.51. The molecule has 0 bridgehead atoms. The van der Waals surface area contributed by atoms with Crippen LogP contribution in [0.3, 0.4) is 0 Å². The van der Waals surface area contributed by atoms with Crippen molar-refractivity contribution in [3.8, 4) is 0 Å². The molecule has 1 saturated carbocycles. The van der Waals surface area contributed by atoms with E-state index in [-0.39, 0.29) is 5.54 Å². The third-order valence-corrected chi connectivity index (χ3v) is 4.94. The number of fused-ring (bicyclic) bond motifs is 1. The van der Waals surface area contributed by atoms with Crippen LogP contribution in [0.2, 0.25) is 0 Å². The van der Waals surface area contributed by atoms with Crippen molar-refractivity contribution in [1.29, 1.82) is 0 Å². The standard InChI is InChI=1S/C18H24N2/c1-13(2)15-5-3-9-18(19,12-15)16-7-8-17-14(11-16)6-4-10-20-17/h4,6-8,10-11,13,15H,3,5,9,12,19H2,1-2H3. The van der Waals surface area contributed by atoms with Gasteiger partial charge in [0, 0.05) is 17.1 Å². The molecule has 20 heavy (non-hydrogen) atoms. The number of rotatable bonds is 2. The number of benzene rings is 1. The molecule has 1 fully saturated rings. The lowest BCUT2D eigenvalue weighted by atomic mass is 9.69. The Morgan fingerprint density at radius 1 is 1.30 bits per heavy atom. The summed E-state index contributed by atoms with van der Waals surface area (Å²) in [4.78, 5) is 4.39. The van der Waals surface area contributed by atoms with Crippen molar-refractivity contribution in [3.63, 3.8) is 0 Å². The highest BCUT2D eigenvalue weighted by Crippen LogP contribution is 2.41. The predicted octanol–water partition coefficient (Wildman–Crippen LogP) is 4.24. The Hall–Kier alpha value is -1.41. The zero-order chi connectivity index (χ0) is 14.2. The van der Waals surface area contributed by atoms with Gasteiger partial charge in [-0.1, -0.05) is 38.8 Å². The minimum Gasteiger partial charge on any atom is -0.321 e. The van der Waals surface area contributed by atoms with Crippen molar-refractivity contribution < 1.29 is 0 Å². The lowest BCUT2D eigenvalue weighted by Crippen LogP contribution is -2.42. The van der Waals surface area contributed by atoms with Gasteiger partial charge in [-0.25, -0.2) is 0 Å². The summed E-state index contributed by atoms with van der Waals surface area (Å²) in [6.07, 6.45) is 6.62. The molecule has 2 atom stereocenters. The highest BCUT2D eigenvalue weighted by atomic mass is 14.8. The molecular formula is C18H24N2. The van der Waals surface area contributed by atoms with Crippen molar-refractivity contribution in [2.75, 3.05) is 0 Å². The van der Waals surface area contributed by atoms with E-state index < -0.39 is 0 Å². The number of hydrogen-bond acceptors (Lipinski definition) is 2. The smallest absolute Gasteiger partial charge is 0.0702 e. The lowest BCUT2D eigenvalue weighted by Gasteiger charge is -2.40. The number of hydrogen-bond donors (Lipinski definition) is 1. The molecule has 106 valence electrons. The second-order valence-corrected chi connectivity index (χ2v) is 6.67. The van der Waals surface area contributed by atoms with E-state index in [0.29, 0.717) is 0 Å². The van der Waals surface area contributed by atoms with Crippen LogP contribution in [0.25, 0.3) is 10.9 Å². The molecular weight excluding hydrogens is 244 g/mol. The van der Waals surface area contributed by atoms with Crippen LogP contribution in [-0.4, -0.2) is 4.98 Å². The first-order valence-electron chi connectivity index (χ1n) is 7.73. The van der Waals surface area contributed by atoms with E-state index in [4.69, 9.17) is 5.73 Å². The zero-order valence-corrected chi connectivity index (χ0v) is 12.5. The van der Waals surface area contributed by atoms with Crippen molar-refractivity contribution in [2.45, 2.75) is 45.1 Å². The van der Waals surface area contributed by atoms with Gasteiger partial charge in [0.25, 0.3) is 0 Å². The Morgan fingerprint density at radius 2 is 2.15 bits per heavy atom. The van der Waals surface area contributed by atoms with Crippen LogP contribution in [0, 0.1) is 11.8 Å². The van der Waals surface area contributed by atoms with Crippen LogP contribution in [0.5, 0.6) is 0 Å². The molecule has 0 saturated heterocycles. The van der Waals surface area contributed by atoms with E-state index in [1.54, 1.807) is 0 Å². The van der Waals surface area contributed by atoms with Crippen molar-refractivity contribution >= 4 is 10.9 Å². The van der Waals surface area contributed by atoms with Gasteiger partial charge < -0.3 is 5.73 Å². The van der Waals surface area contributed by atoms with Gasteiger partial charge in [0.1, 0.15) is 0 Å². The number of nitrogens with zero attached hydrogens (tertiary/aromatic N) is 1. The minimum atomic E-state index is -0.156. The third-order valence-electron chi connectivity index (χ3n) is 4.94. The average molecular weight is 268 g/mol. The van der Waals surface area contributed by atoms with Crippen molar-refractivity contribution in [2.24, 2.45) is 17.6 Å². The van der Waals surface area contributed by atoms with E-state index in [0.717, 1.165) is 30.2 Å². The molecule has 0 radical (unpaired) electrons. The van der Waals surface area contributed by atoms with E-state index >= 15 is 0 Å². The van der Waals surface area contributed by atoms with Gasteiger partial charge in [-0.05, 0) is 48.4 Å². The van der Waals surface area contributed by atoms with Gasteiger partial charge in [-0.3, -0.25) is 4.98 Å².